The molecule has 0 unspecified atom stereocenters. The molecule has 0 spiro atoms. The van der Waals surface area contributed by atoms with E-state index < -0.39 is 0 Å². The first-order valence-electron chi connectivity index (χ1n) is 8.04. The maximum atomic E-state index is 12.5. The zero-order valence-corrected chi connectivity index (χ0v) is 14.7. The van der Waals surface area contributed by atoms with Crippen LogP contribution in [0.4, 0.5) is 10.8 Å². The second-order valence-electron chi connectivity index (χ2n) is 5.63. The molecule has 0 fully saturated rings. The SMILES string of the molecule is CCC(=O)Nc1nc2ccc(NC(=O)c3ccc4c(c3)OCO4)cc2s1. The zero-order valence-electron chi connectivity index (χ0n) is 13.9. The molecule has 0 radical (unpaired) electrons. The third kappa shape index (κ3) is 3.18. The number of carbonyl (C=O) groups is 2. The predicted octanol–water partition coefficient (Wildman–Crippen LogP) is 3.63. The number of nitrogens with one attached hydrogen (secondary N) is 2. The summed E-state index contributed by atoms with van der Waals surface area (Å²) in [4.78, 5) is 28.3. The lowest BCUT2D eigenvalue weighted by molar-refractivity contribution is -0.115. The molecule has 132 valence electrons. The molecule has 2 amide bonds. The van der Waals surface area contributed by atoms with Gasteiger partial charge in [-0.15, -0.1) is 0 Å². The van der Waals surface area contributed by atoms with Crippen molar-refractivity contribution < 1.29 is 19.1 Å². The van der Waals surface area contributed by atoms with Gasteiger partial charge in [0, 0.05) is 17.7 Å². The van der Waals surface area contributed by atoms with Crippen LogP contribution in [0.15, 0.2) is 36.4 Å². The van der Waals surface area contributed by atoms with E-state index in [2.05, 4.69) is 15.6 Å². The summed E-state index contributed by atoms with van der Waals surface area (Å²) in [5.41, 5.74) is 1.90. The number of rotatable bonds is 4. The maximum Gasteiger partial charge on any atom is 0.255 e. The molecule has 0 saturated carbocycles. The van der Waals surface area contributed by atoms with Gasteiger partial charge in [0.25, 0.3) is 5.91 Å². The Bertz CT molecular complexity index is 1010. The fraction of sp³-hybridized carbons (Fsp3) is 0.167. The quantitative estimate of drug-likeness (QED) is 0.733. The average molecular weight is 369 g/mol. The normalized spacial score (nSPS) is 12.2. The number of fused-ring (bicyclic) bond motifs is 2. The van der Waals surface area contributed by atoms with Gasteiger partial charge >= 0.3 is 0 Å². The first kappa shape index (κ1) is 16.3. The average Bonchev–Trinajstić information content (AvgIpc) is 3.26. The summed E-state index contributed by atoms with van der Waals surface area (Å²) in [5, 5.41) is 6.15. The van der Waals surface area contributed by atoms with Crippen molar-refractivity contribution in [2.24, 2.45) is 0 Å². The van der Waals surface area contributed by atoms with Gasteiger partial charge in [0.15, 0.2) is 16.6 Å². The van der Waals surface area contributed by atoms with Crippen molar-refractivity contribution in [3.63, 3.8) is 0 Å². The molecular formula is C18H15N3O4S. The van der Waals surface area contributed by atoms with Crippen molar-refractivity contribution in [3.8, 4) is 11.5 Å². The van der Waals surface area contributed by atoms with Crippen LogP contribution in [0.5, 0.6) is 11.5 Å². The van der Waals surface area contributed by atoms with Gasteiger partial charge in [-0.2, -0.15) is 0 Å². The van der Waals surface area contributed by atoms with Crippen molar-refractivity contribution in [2.45, 2.75) is 13.3 Å². The molecule has 2 N–H and O–H groups in total. The lowest BCUT2D eigenvalue weighted by atomic mass is 10.2. The number of nitrogens with zero attached hydrogens (tertiary/aromatic N) is 1. The predicted molar refractivity (Wildman–Crippen MR) is 99.1 cm³/mol. The van der Waals surface area contributed by atoms with Crippen LogP contribution in [0.25, 0.3) is 10.2 Å². The Morgan fingerprint density at radius 3 is 2.81 bits per heavy atom. The lowest BCUT2D eigenvalue weighted by Gasteiger charge is -2.06. The number of hydrogen-bond acceptors (Lipinski definition) is 6. The Kier molecular flexibility index (Phi) is 4.18. The number of hydrogen-bond donors (Lipinski definition) is 2. The fourth-order valence-electron chi connectivity index (χ4n) is 2.50. The minimum atomic E-state index is -0.244. The van der Waals surface area contributed by atoms with Gasteiger partial charge in [0.1, 0.15) is 0 Å². The lowest BCUT2D eigenvalue weighted by Crippen LogP contribution is -2.11. The highest BCUT2D eigenvalue weighted by atomic mass is 32.1. The van der Waals surface area contributed by atoms with Gasteiger partial charge in [-0.1, -0.05) is 18.3 Å². The van der Waals surface area contributed by atoms with E-state index >= 15 is 0 Å². The van der Waals surface area contributed by atoms with Gasteiger partial charge in [-0.25, -0.2) is 4.98 Å². The van der Waals surface area contributed by atoms with Gasteiger partial charge in [-0.05, 0) is 36.4 Å². The van der Waals surface area contributed by atoms with Gasteiger partial charge in [0.2, 0.25) is 12.7 Å². The summed E-state index contributed by atoms with van der Waals surface area (Å²) >= 11 is 1.36. The molecule has 1 aromatic heterocycles. The summed E-state index contributed by atoms with van der Waals surface area (Å²) in [6.45, 7) is 1.95. The van der Waals surface area contributed by atoms with Crippen LogP contribution in [-0.2, 0) is 4.79 Å². The summed E-state index contributed by atoms with van der Waals surface area (Å²) in [7, 11) is 0. The monoisotopic (exact) mass is 369 g/mol. The van der Waals surface area contributed by atoms with E-state index in [-0.39, 0.29) is 18.6 Å². The minimum absolute atomic E-state index is 0.0830. The minimum Gasteiger partial charge on any atom is -0.454 e. The second kappa shape index (κ2) is 6.64. The van der Waals surface area contributed by atoms with Crippen LogP contribution in [0.1, 0.15) is 23.7 Å². The van der Waals surface area contributed by atoms with Gasteiger partial charge in [0.05, 0.1) is 10.2 Å². The topological polar surface area (TPSA) is 89.6 Å². The van der Waals surface area contributed by atoms with Crippen molar-refractivity contribution in [2.75, 3.05) is 17.4 Å². The highest BCUT2D eigenvalue weighted by Crippen LogP contribution is 2.33. The maximum absolute atomic E-state index is 12.5. The third-order valence-electron chi connectivity index (χ3n) is 3.85. The Hall–Kier alpha value is -3.13. The summed E-state index contributed by atoms with van der Waals surface area (Å²) < 4.78 is 11.4. The number of ether oxygens (including phenoxy) is 2. The van der Waals surface area contributed by atoms with E-state index in [1.165, 1.54) is 11.3 Å². The molecule has 26 heavy (non-hydrogen) atoms. The van der Waals surface area contributed by atoms with Crippen LogP contribution in [-0.4, -0.2) is 23.6 Å². The molecule has 0 bridgehead atoms. The zero-order chi connectivity index (χ0) is 18.1. The van der Waals surface area contributed by atoms with Gasteiger partial charge < -0.3 is 20.1 Å². The van der Waals surface area contributed by atoms with E-state index in [4.69, 9.17) is 9.47 Å². The Morgan fingerprint density at radius 2 is 1.96 bits per heavy atom. The van der Waals surface area contributed by atoms with Crippen LogP contribution in [0.2, 0.25) is 0 Å². The van der Waals surface area contributed by atoms with E-state index in [9.17, 15) is 9.59 Å². The molecule has 2 heterocycles. The Labute approximate surface area is 152 Å². The third-order valence-corrected chi connectivity index (χ3v) is 4.78. The van der Waals surface area contributed by atoms with Crippen molar-refractivity contribution in [1.82, 2.24) is 4.98 Å². The smallest absolute Gasteiger partial charge is 0.255 e. The Morgan fingerprint density at radius 1 is 1.12 bits per heavy atom. The molecule has 2 aromatic carbocycles. The van der Waals surface area contributed by atoms with Crippen LogP contribution < -0.4 is 20.1 Å². The molecule has 0 aliphatic carbocycles. The van der Waals surface area contributed by atoms with E-state index in [0.29, 0.717) is 34.3 Å². The fourth-order valence-corrected chi connectivity index (χ4v) is 3.43. The van der Waals surface area contributed by atoms with Crippen molar-refractivity contribution in [3.05, 3.63) is 42.0 Å². The number of anilines is 2. The number of thiazole rings is 1. The van der Waals surface area contributed by atoms with Gasteiger partial charge in [-0.3, -0.25) is 9.59 Å². The first-order valence-corrected chi connectivity index (χ1v) is 8.85. The highest BCUT2D eigenvalue weighted by molar-refractivity contribution is 7.22. The number of amides is 2. The van der Waals surface area contributed by atoms with Crippen LogP contribution in [0, 0.1) is 0 Å². The molecule has 8 heteroatoms. The van der Waals surface area contributed by atoms with E-state index in [0.717, 1.165) is 10.2 Å². The van der Waals surface area contributed by atoms with E-state index in [1.807, 2.05) is 12.1 Å². The van der Waals surface area contributed by atoms with Crippen molar-refractivity contribution >= 4 is 44.2 Å². The molecule has 3 aromatic rings. The molecule has 7 nitrogen and oxygen atoms in total. The second-order valence-corrected chi connectivity index (χ2v) is 6.66. The molecular weight excluding hydrogens is 354 g/mol. The number of carbonyl (C=O) groups excluding carboxylic acids is 2. The van der Waals surface area contributed by atoms with Crippen LogP contribution >= 0.6 is 11.3 Å². The molecule has 0 saturated heterocycles. The summed E-state index contributed by atoms with van der Waals surface area (Å²) in [5.74, 6) is 0.869. The van der Waals surface area contributed by atoms with Crippen LogP contribution in [0.3, 0.4) is 0 Å². The number of aromatic nitrogens is 1. The summed E-state index contributed by atoms with van der Waals surface area (Å²) in [6.07, 6.45) is 0.396. The molecule has 4 rings (SSSR count). The summed E-state index contributed by atoms with van der Waals surface area (Å²) in [6, 6.07) is 10.5. The molecule has 1 aliphatic heterocycles. The molecule has 1 aliphatic rings. The largest absolute Gasteiger partial charge is 0.454 e. The van der Waals surface area contributed by atoms with Crippen molar-refractivity contribution in [1.29, 1.82) is 0 Å². The van der Waals surface area contributed by atoms with E-state index in [1.54, 1.807) is 31.2 Å². The Balaban J connectivity index is 1.53. The number of benzene rings is 2. The standard InChI is InChI=1S/C18H15N3O4S/c1-2-16(22)21-18-20-12-5-4-11(8-15(12)26-18)19-17(23)10-3-6-13-14(7-10)25-9-24-13/h3-8H,2,9H2,1H3,(H,19,23)(H,20,21,22). The first-order chi connectivity index (χ1) is 12.6. The highest BCUT2D eigenvalue weighted by Gasteiger charge is 2.16. The molecule has 0 atom stereocenters.